The van der Waals surface area contributed by atoms with Crippen molar-refractivity contribution in [1.82, 2.24) is 0 Å². The van der Waals surface area contributed by atoms with Gasteiger partial charge in [0, 0.05) is 17.6 Å². The van der Waals surface area contributed by atoms with Gasteiger partial charge in [-0.25, -0.2) is 0 Å². The Bertz CT molecular complexity index is 1870. The summed E-state index contributed by atoms with van der Waals surface area (Å²) in [6, 6.07) is 19.1. The zero-order valence-corrected chi connectivity index (χ0v) is 21.2. The number of ether oxygens (including phenoxy) is 1. The Morgan fingerprint density at radius 2 is 1.07 bits per heavy atom. The number of hydrogen-bond acceptors (Lipinski definition) is 5. The molecule has 2 aliphatic carbocycles. The van der Waals surface area contributed by atoms with Crippen LogP contribution in [0.3, 0.4) is 0 Å². The molecule has 0 atom stereocenters. The average Bonchev–Trinajstić information content (AvgIpc) is 3.39. The molecule has 0 radical (unpaired) electrons. The van der Waals surface area contributed by atoms with Gasteiger partial charge < -0.3 is 4.74 Å². The van der Waals surface area contributed by atoms with Gasteiger partial charge >= 0.3 is 12.5 Å². The van der Waals surface area contributed by atoms with Gasteiger partial charge in [0.25, 0.3) is 0 Å². The first kappa shape index (κ1) is 28.0. The summed E-state index contributed by atoms with van der Waals surface area (Å²) in [6.07, 6.45) is -10.3. The van der Waals surface area contributed by atoms with Crippen molar-refractivity contribution >= 4 is 11.1 Å². The predicted molar refractivity (Wildman–Crippen MR) is 137 cm³/mol. The van der Waals surface area contributed by atoms with Crippen molar-refractivity contribution in [2.24, 2.45) is 0 Å². The van der Waals surface area contributed by atoms with E-state index in [4.69, 9.17) is 0 Å². The molecule has 206 valence electrons. The van der Waals surface area contributed by atoms with E-state index in [0.717, 1.165) is 12.1 Å². The van der Waals surface area contributed by atoms with Gasteiger partial charge in [-0.3, -0.25) is 0 Å². The van der Waals surface area contributed by atoms with Gasteiger partial charge in [-0.1, -0.05) is 24.3 Å². The van der Waals surface area contributed by atoms with Crippen LogP contribution >= 0.6 is 0 Å². The van der Waals surface area contributed by atoms with Crippen LogP contribution in [0.25, 0.3) is 33.4 Å². The van der Waals surface area contributed by atoms with Crippen LogP contribution in [0.4, 0.5) is 26.3 Å². The van der Waals surface area contributed by atoms with E-state index in [9.17, 15) is 47.4 Å². The molecule has 0 aliphatic heterocycles. The monoisotopic (exact) mass is 572 g/mol. The minimum atomic E-state index is -4.97. The minimum absolute atomic E-state index is 0.0686. The Kier molecular flexibility index (Phi) is 6.77. The molecule has 0 saturated heterocycles. The number of benzene rings is 3. The number of nitriles is 4. The molecular weight excluding hydrogens is 558 g/mol. The lowest BCUT2D eigenvalue weighted by Crippen LogP contribution is -2.17. The molecule has 0 saturated carbocycles. The second-order valence-electron chi connectivity index (χ2n) is 9.49. The quantitative estimate of drug-likeness (QED) is 0.160. The third kappa shape index (κ3) is 4.94. The number of fused-ring (bicyclic) bond motifs is 6. The van der Waals surface area contributed by atoms with Crippen LogP contribution in [0.1, 0.15) is 40.7 Å². The molecule has 42 heavy (non-hydrogen) atoms. The Morgan fingerprint density at radius 3 is 1.57 bits per heavy atom. The van der Waals surface area contributed by atoms with E-state index >= 15 is 0 Å². The summed E-state index contributed by atoms with van der Waals surface area (Å²) in [7, 11) is 0. The highest BCUT2D eigenvalue weighted by atomic mass is 19.4. The molecule has 5 nitrogen and oxygen atoms in total. The number of alkyl halides is 6. The van der Waals surface area contributed by atoms with E-state index in [2.05, 4.69) is 4.74 Å². The maximum atomic E-state index is 12.9. The fraction of sp³-hybridized carbons (Fsp3) is 0.161. The molecular formula is C31H14F6N4O. The summed E-state index contributed by atoms with van der Waals surface area (Å²) in [5.74, 6) is -0.547. The van der Waals surface area contributed by atoms with Gasteiger partial charge in [0.05, 0.1) is 0 Å². The fourth-order valence-electron chi connectivity index (χ4n) is 5.41. The van der Waals surface area contributed by atoms with Crippen LogP contribution in [0.5, 0.6) is 5.75 Å². The Morgan fingerprint density at radius 1 is 0.595 bits per heavy atom. The lowest BCUT2D eigenvalue weighted by Gasteiger charge is -2.10. The number of aryl methyl sites for hydroxylation is 1. The molecule has 11 heteroatoms. The van der Waals surface area contributed by atoms with Gasteiger partial charge in [-0.2, -0.15) is 34.2 Å². The van der Waals surface area contributed by atoms with Crippen LogP contribution in [0.2, 0.25) is 0 Å². The van der Waals surface area contributed by atoms with Crippen molar-refractivity contribution in [2.45, 2.75) is 31.8 Å². The molecule has 0 fully saturated rings. The normalized spacial score (nSPS) is 12.6. The average molecular weight is 572 g/mol. The highest BCUT2D eigenvalue weighted by Gasteiger charge is 2.36. The zero-order valence-electron chi connectivity index (χ0n) is 21.2. The molecule has 0 amide bonds. The molecule has 5 rings (SSSR count). The Balaban J connectivity index is 1.72. The lowest BCUT2D eigenvalue weighted by molar-refractivity contribution is -0.274. The molecule has 0 N–H and O–H groups in total. The summed E-state index contributed by atoms with van der Waals surface area (Å²) in [4.78, 5) is 0. The molecule has 0 aromatic heterocycles. The van der Waals surface area contributed by atoms with Crippen molar-refractivity contribution in [2.75, 3.05) is 0 Å². The minimum Gasteiger partial charge on any atom is -0.406 e. The van der Waals surface area contributed by atoms with Crippen LogP contribution in [-0.4, -0.2) is 12.5 Å². The van der Waals surface area contributed by atoms with Gasteiger partial charge in [0.1, 0.15) is 41.2 Å². The number of rotatable bonds is 4. The summed E-state index contributed by atoms with van der Waals surface area (Å²) >= 11 is 0. The lowest BCUT2D eigenvalue weighted by atomic mass is 9.93. The smallest absolute Gasteiger partial charge is 0.406 e. The van der Waals surface area contributed by atoms with E-state index in [1.807, 2.05) is 12.1 Å². The topological polar surface area (TPSA) is 104 Å². The van der Waals surface area contributed by atoms with Crippen molar-refractivity contribution in [3.05, 3.63) is 87.5 Å². The molecule has 0 unspecified atom stereocenters. The standard InChI is InChI=1S/C31H14F6N4O/c32-30(33,34)7-1-2-16-3-5-20-22-10-23-21-6-4-19(42-31(35,36)37)9-25(21)29(18(14-40)15-41)27(23)11-26(22)28(24(20)8-16)17(12-38)13-39/h3-6,8-11H,1-2,7H2. The molecule has 2 aliphatic rings. The maximum absolute atomic E-state index is 12.9. The third-order valence-corrected chi connectivity index (χ3v) is 7.00. The highest BCUT2D eigenvalue weighted by Crippen LogP contribution is 2.54. The fourth-order valence-corrected chi connectivity index (χ4v) is 5.41. The first-order valence-electron chi connectivity index (χ1n) is 12.3. The van der Waals surface area contributed by atoms with Crippen molar-refractivity contribution in [1.29, 1.82) is 21.0 Å². The van der Waals surface area contributed by atoms with E-state index in [1.54, 1.807) is 42.5 Å². The first-order valence-corrected chi connectivity index (χ1v) is 12.3. The van der Waals surface area contributed by atoms with Gasteiger partial charge in [0.2, 0.25) is 0 Å². The second-order valence-corrected chi connectivity index (χ2v) is 9.49. The third-order valence-electron chi connectivity index (χ3n) is 7.00. The van der Waals surface area contributed by atoms with E-state index in [-0.39, 0.29) is 40.7 Å². The zero-order chi connectivity index (χ0) is 30.4. The van der Waals surface area contributed by atoms with Crippen molar-refractivity contribution in [3.63, 3.8) is 0 Å². The largest absolute Gasteiger partial charge is 0.573 e. The van der Waals surface area contributed by atoms with Crippen molar-refractivity contribution in [3.8, 4) is 52.3 Å². The van der Waals surface area contributed by atoms with Crippen LogP contribution in [0.15, 0.2) is 59.7 Å². The van der Waals surface area contributed by atoms with Gasteiger partial charge in [-0.15, -0.1) is 13.2 Å². The summed E-state index contributed by atoms with van der Waals surface area (Å²) in [6.45, 7) is 0. The molecule has 0 bridgehead atoms. The number of nitrogens with zero attached hydrogens (tertiary/aromatic N) is 4. The Labute approximate surface area is 235 Å². The van der Waals surface area contributed by atoms with Gasteiger partial charge in [-0.05, 0) is 87.2 Å². The van der Waals surface area contributed by atoms with E-state index in [0.29, 0.717) is 44.5 Å². The Hall–Kier alpha value is -5.52. The highest BCUT2D eigenvalue weighted by molar-refractivity contribution is 6.11. The molecule has 0 heterocycles. The summed E-state index contributed by atoms with van der Waals surface area (Å²) in [5, 5.41) is 38.9. The van der Waals surface area contributed by atoms with E-state index in [1.165, 1.54) is 6.07 Å². The second kappa shape index (κ2) is 10.1. The number of halogens is 6. The van der Waals surface area contributed by atoms with Crippen LogP contribution < -0.4 is 4.74 Å². The predicted octanol–water partition coefficient (Wildman–Crippen LogP) is 8.13. The molecule has 3 aromatic rings. The molecule has 3 aromatic carbocycles. The SMILES string of the molecule is N#CC(C#N)=C1c2cc(CCCC(F)(F)F)ccc2-c2cc3c(cc21)C(=C(C#N)C#N)c1cc(OC(F)(F)F)ccc1-3. The molecule has 0 spiro atoms. The summed E-state index contributed by atoms with van der Waals surface area (Å²) < 4.78 is 80.9. The van der Waals surface area contributed by atoms with Crippen LogP contribution in [-0.2, 0) is 6.42 Å². The van der Waals surface area contributed by atoms with Crippen LogP contribution in [0, 0.1) is 45.3 Å². The first-order chi connectivity index (χ1) is 19.9. The van der Waals surface area contributed by atoms with E-state index < -0.39 is 24.7 Å². The number of hydrogen-bond donors (Lipinski definition) is 0. The number of allylic oxidation sites excluding steroid dienone is 2. The summed E-state index contributed by atoms with van der Waals surface area (Å²) in [5.41, 5.74) is 3.72. The van der Waals surface area contributed by atoms with Gasteiger partial charge in [0.15, 0.2) is 0 Å². The maximum Gasteiger partial charge on any atom is 0.573 e. The van der Waals surface area contributed by atoms with Crippen molar-refractivity contribution < 1.29 is 31.1 Å².